The van der Waals surface area contributed by atoms with Gasteiger partial charge >= 0.3 is 5.97 Å². The quantitative estimate of drug-likeness (QED) is 0.318. The Bertz CT molecular complexity index is 785. The number of hydrazone groups is 1. The van der Waals surface area contributed by atoms with Crippen molar-refractivity contribution in [2.45, 2.75) is 33.1 Å². The Kier molecular flexibility index (Phi) is 8.03. The average Bonchev–Trinajstić information content (AvgIpc) is 2.66. The largest absolute Gasteiger partial charge is 0.484 e. The van der Waals surface area contributed by atoms with Gasteiger partial charge in [0.1, 0.15) is 11.5 Å². The summed E-state index contributed by atoms with van der Waals surface area (Å²) >= 11 is 0. The van der Waals surface area contributed by atoms with E-state index in [1.54, 1.807) is 24.3 Å². The van der Waals surface area contributed by atoms with Crippen molar-refractivity contribution in [3.63, 3.8) is 0 Å². The number of hydrogen-bond acceptors (Lipinski definition) is 5. The molecule has 2 aromatic carbocycles. The lowest BCUT2D eigenvalue weighted by Crippen LogP contribution is -2.24. The second kappa shape index (κ2) is 10.8. The molecule has 0 radical (unpaired) electrons. The number of aryl methyl sites for hydroxylation is 1. The fourth-order valence-electron chi connectivity index (χ4n) is 2.32. The number of carbonyl (C=O) groups is 2. The third-order valence-corrected chi connectivity index (χ3v) is 3.68. The van der Waals surface area contributed by atoms with Crippen LogP contribution in [0.25, 0.3) is 0 Å². The molecule has 0 heterocycles. The predicted molar refractivity (Wildman–Crippen MR) is 104 cm³/mol. The summed E-state index contributed by atoms with van der Waals surface area (Å²) in [7, 11) is 0. The molecular formula is C21H24N2O4. The Morgan fingerprint density at radius 2 is 1.85 bits per heavy atom. The highest BCUT2D eigenvalue weighted by Gasteiger charge is 2.04. The summed E-state index contributed by atoms with van der Waals surface area (Å²) in [4.78, 5) is 22.9. The molecule has 0 bridgehead atoms. The van der Waals surface area contributed by atoms with Crippen LogP contribution in [0.15, 0.2) is 53.6 Å². The van der Waals surface area contributed by atoms with E-state index < -0.39 is 5.97 Å². The molecule has 0 saturated heterocycles. The van der Waals surface area contributed by atoms with E-state index in [2.05, 4.69) is 17.5 Å². The highest BCUT2D eigenvalue weighted by molar-refractivity contribution is 5.86. The number of benzene rings is 2. The minimum absolute atomic E-state index is 0.142. The molecule has 6 nitrogen and oxygen atoms in total. The molecule has 27 heavy (non-hydrogen) atoms. The smallest absolute Gasteiger partial charge is 0.308 e. The van der Waals surface area contributed by atoms with Crippen molar-refractivity contribution < 1.29 is 19.1 Å². The fourth-order valence-corrected chi connectivity index (χ4v) is 2.32. The maximum Gasteiger partial charge on any atom is 0.308 e. The van der Waals surface area contributed by atoms with Crippen molar-refractivity contribution in [1.29, 1.82) is 0 Å². The van der Waals surface area contributed by atoms with Crippen LogP contribution in [0.2, 0.25) is 0 Å². The van der Waals surface area contributed by atoms with Gasteiger partial charge in [0.2, 0.25) is 0 Å². The van der Waals surface area contributed by atoms with Crippen LogP contribution < -0.4 is 14.9 Å². The van der Waals surface area contributed by atoms with Crippen molar-refractivity contribution >= 4 is 18.1 Å². The van der Waals surface area contributed by atoms with Gasteiger partial charge in [-0.15, -0.1) is 0 Å². The second-order valence-electron chi connectivity index (χ2n) is 5.96. The van der Waals surface area contributed by atoms with Crippen LogP contribution in [0.3, 0.4) is 0 Å². The number of unbranched alkanes of at least 4 members (excludes halogenated alkanes) is 1. The summed E-state index contributed by atoms with van der Waals surface area (Å²) < 4.78 is 10.5. The minimum atomic E-state index is -0.422. The van der Waals surface area contributed by atoms with E-state index in [-0.39, 0.29) is 12.5 Å². The van der Waals surface area contributed by atoms with Gasteiger partial charge < -0.3 is 9.47 Å². The monoisotopic (exact) mass is 368 g/mol. The van der Waals surface area contributed by atoms with Crippen LogP contribution in [0.4, 0.5) is 0 Å². The molecule has 2 aromatic rings. The number of nitrogens with zero attached hydrogens (tertiary/aromatic N) is 1. The van der Waals surface area contributed by atoms with E-state index in [0.717, 1.165) is 19.3 Å². The van der Waals surface area contributed by atoms with Gasteiger partial charge in [-0.25, -0.2) is 5.43 Å². The summed E-state index contributed by atoms with van der Waals surface area (Å²) in [6.07, 6.45) is 4.77. The second-order valence-corrected chi connectivity index (χ2v) is 5.96. The maximum absolute atomic E-state index is 11.8. The number of hydrogen-bond donors (Lipinski definition) is 1. The number of ether oxygens (including phenoxy) is 2. The molecule has 0 aliphatic carbocycles. The Balaban J connectivity index is 1.81. The molecule has 0 fully saturated rings. The summed E-state index contributed by atoms with van der Waals surface area (Å²) in [6.45, 7) is 3.34. The third kappa shape index (κ3) is 7.32. The molecule has 0 unspecified atom stereocenters. The minimum Gasteiger partial charge on any atom is -0.484 e. The molecule has 142 valence electrons. The van der Waals surface area contributed by atoms with Crippen LogP contribution in [0.5, 0.6) is 11.5 Å². The topological polar surface area (TPSA) is 77.0 Å². The Hall–Kier alpha value is -3.15. The van der Waals surface area contributed by atoms with Gasteiger partial charge in [-0.05, 0) is 42.7 Å². The van der Waals surface area contributed by atoms with Crippen LogP contribution in [0.1, 0.15) is 37.8 Å². The van der Waals surface area contributed by atoms with Crippen molar-refractivity contribution in [1.82, 2.24) is 5.43 Å². The van der Waals surface area contributed by atoms with E-state index >= 15 is 0 Å². The molecule has 0 aliphatic heterocycles. The van der Waals surface area contributed by atoms with E-state index in [0.29, 0.717) is 17.1 Å². The first-order valence-corrected chi connectivity index (χ1v) is 8.89. The molecule has 1 N–H and O–H groups in total. The standard InChI is InChI=1S/C21H24N2O4/c1-3-4-7-17-10-12-19(13-11-17)26-15-21(25)23-22-14-18-8-5-6-9-20(18)27-16(2)24/h5-6,8-14H,3-4,7,15H2,1-2H3,(H,23,25)/b22-14-. The molecule has 0 aliphatic rings. The van der Waals surface area contributed by atoms with Gasteiger partial charge in [-0.1, -0.05) is 37.6 Å². The molecule has 2 rings (SSSR count). The third-order valence-electron chi connectivity index (χ3n) is 3.68. The van der Waals surface area contributed by atoms with Crippen LogP contribution in [-0.4, -0.2) is 24.7 Å². The van der Waals surface area contributed by atoms with E-state index in [1.807, 2.05) is 24.3 Å². The van der Waals surface area contributed by atoms with Crippen LogP contribution >= 0.6 is 0 Å². The summed E-state index contributed by atoms with van der Waals surface area (Å²) in [6, 6.07) is 14.6. The number of rotatable bonds is 9. The number of carbonyl (C=O) groups excluding carboxylic acids is 2. The normalized spacial score (nSPS) is 10.6. The number of para-hydroxylation sites is 1. The van der Waals surface area contributed by atoms with Crippen LogP contribution in [0, 0.1) is 0 Å². The number of nitrogens with one attached hydrogen (secondary N) is 1. The molecule has 0 spiro atoms. The Morgan fingerprint density at radius 3 is 2.56 bits per heavy atom. The highest BCUT2D eigenvalue weighted by atomic mass is 16.5. The van der Waals surface area contributed by atoms with Gasteiger partial charge in [0, 0.05) is 12.5 Å². The SMILES string of the molecule is CCCCc1ccc(OCC(=O)N/N=C\c2ccccc2OC(C)=O)cc1. The van der Waals surface area contributed by atoms with Gasteiger partial charge in [0.15, 0.2) is 6.61 Å². The molecule has 0 atom stereocenters. The highest BCUT2D eigenvalue weighted by Crippen LogP contribution is 2.16. The zero-order chi connectivity index (χ0) is 19.5. The van der Waals surface area contributed by atoms with Gasteiger partial charge in [0.25, 0.3) is 5.91 Å². The van der Waals surface area contributed by atoms with Crippen LogP contribution in [-0.2, 0) is 16.0 Å². The first-order valence-electron chi connectivity index (χ1n) is 8.89. The first kappa shape index (κ1) is 20.2. The van der Waals surface area contributed by atoms with E-state index in [9.17, 15) is 9.59 Å². The fraction of sp³-hybridized carbons (Fsp3) is 0.286. The summed E-state index contributed by atoms with van der Waals surface area (Å²) in [5.74, 6) is 0.206. The molecular weight excluding hydrogens is 344 g/mol. The number of amides is 1. The Morgan fingerprint density at radius 1 is 1.11 bits per heavy atom. The summed E-state index contributed by atoms with van der Waals surface area (Å²) in [5, 5.41) is 3.87. The molecule has 0 saturated carbocycles. The van der Waals surface area contributed by atoms with Crippen molar-refractivity contribution in [3.8, 4) is 11.5 Å². The average molecular weight is 368 g/mol. The van der Waals surface area contributed by atoms with Gasteiger partial charge in [-0.3, -0.25) is 9.59 Å². The molecule has 0 aromatic heterocycles. The van der Waals surface area contributed by atoms with Crippen molar-refractivity contribution in [3.05, 3.63) is 59.7 Å². The zero-order valence-electron chi connectivity index (χ0n) is 15.6. The zero-order valence-corrected chi connectivity index (χ0v) is 15.6. The van der Waals surface area contributed by atoms with Crippen molar-refractivity contribution in [2.24, 2.45) is 5.10 Å². The lowest BCUT2D eigenvalue weighted by Gasteiger charge is -2.07. The lowest BCUT2D eigenvalue weighted by atomic mass is 10.1. The Labute approximate surface area is 159 Å². The predicted octanol–water partition coefficient (Wildman–Crippen LogP) is 3.48. The molecule has 6 heteroatoms. The lowest BCUT2D eigenvalue weighted by molar-refractivity contribution is -0.132. The number of esters is 1. The van der Waals surface area contributed by atoms with E-state index in [1.165, 1.54) is 18.7 Å². The molecule has 1 amide bonds. The summed E-state index contributed by atoms with van der Waals surface area (Å²) in [5.41, 5.74) is 4.22. The van der Waals surface area contributed by atoms with Gasteiger partial charge in [-0.2, -0.15) is 5.10 Å². The van der Waals surface area contributed by atoms with E-state index in [4.69, 9.17) is 9.47 Å². The van der Waals surface area contributed by atoms with Gasteiger partial charge in [0.05, 0.1) is 6.21 Å². The first-order chi connectivity index (χ1) is 13.1. The maximum atomic E-state index is 11.8. The van der Waals surface area contributed by atoms with Crippen molar-refractivity contribution in [2.75, 3.05) is 6.61 Å².